The highest BCUT2D eigenvalue weighted by Crippen LogP contribution is 2.25. The van der Waals surface area contributed by atoms with Crippen molar-refractivity contribution in [2.24, 2.45) is 0 Å². The number of ether oxygens (including phenoxy) is 2. The number of hydrogen-bond donors (Lipinski definition) is 2. The molecule has 0 aliphatic heterocycles. The summed E-state index contributed by atoms with van der Waals surface area (Å²) in [5.41, 5.74) is 2.73. The summed E-state index contributed by atoms with van der Waals surface area (Å²) >= 11 is 6.09. The molecule has 0 spiro atoms. The molecule has 3 aromatic carbocycles. The average Bonchev–Trinajstić information content (AvgIpc) is 3.16. The van der Waals surface area contributed by atoms with Gasteiger partial charge < -0.3 is 19.8 Å². The number of methoxy groups -OCH3 is 1. The quantitative estimate of drug-likeness (QED) is 0.409. The van der Waals surface area contributed by atoms with Gasteiger partial charge >= 0.3 is 0 Å². The van der Waals surface area contributed by atoms with E-state index in [1.807, 2.05) is 42.6 Å². The minimum atomic E-state index is -0.124. The summed E-state index contributed by atoms with van der Waals surface area (Å²) in [4.78, 5) is 15.7. The molecule has 0 saturated carbocycles. The molecule has 1 amide bonds. The standard InChI is InChI=1S/C24H21ClN2O3/c1-29-20-3-2-4-21(14-20)30-19-8-5-16(6-9-19)24(28)26-12-11-17-15-27-23-10-7-18(25)13-22(17)23/h2-10,13-15,27H,11-12H2,1H3,(H,26,28). The van der Waals surface area contributed by atoms with Gasteiger partial charge in [-0.3, -0.25) is 4.79 Å². The Bertz CT molecular complexity index is 1170. The van der Waals surface area contributed by atoms with Gasteiger partial charge in [0.15, 0.2) is 0 Å². The molecule has 6 heteroatoms. The predicted octanol–water partition coefficient (Wildman–Crippen LogP) is 5.59. The molecule has 30 heavy (non-hydrogen) atoms. The molecule has 4 aromatic rings. The molecule has 0 atom stereocenters. The van der Waals surface area contributed by atoms with E-state index in [4.69, 9.17) is 21.1 Å². The van der Waals surface area contributed by atoms with E-state index in [-0.39, 0.29) is 5.91 Å². The Labute approximate surface area is 179 Å². The van der Waals surface area contributed by atoms with Crippen LogP contribution in [0.5, 0.6) is 17.2 Å². The number of fused-ring (bicyclic) bond motifs is 1. The first kappa shape index (κ1) is 19.9. The van der Waals surface area contributed by atoms with E-state index in [9.17, 15) is 4.79 Å². The highest BCUT2D eigenvalue weighted by atomic mass is 35.5. The second-order valence-electron chi connectivity index (χ2n) is 6.82. The fourth-order valence-corrected chi connectivity index (χ4v) is 3.42. The third-order valence-corrected chi connectivity index (χ3v) is 5.04. The second-order valence-corrected chi connectivity index (χ2v) is 7.25. The van der Waals surface area contributed by atoms with Crippen molar-refractivity contribution in [3.05, 3.63) is 89.1 Å². The van der Waals surface area contributed by atoms with Gasteiger partial charge in [0.1, 0.15) is 17.2 Å². The number of hydrogen-bond acceptors (Lipinski definition) is 3. The molecular formula is C24H21ClN2O3. The van der Waals surface area contributed by atoms with Gasteiger partial charge in [-0.05, 0) is 66.6 Å². The van der Waals surface area contributed by atoms with Gasteiger partial charge in [-0.1, -0.05) is 17.7 Å². The average molecular weight is 421 g/mol. The zero-order valence-electron chi connectivity index (χ0n) is 16.4. The number of carbonyl (C=O) groups excluding carboxylic acids is 1. The van der Waals surface area contributed by atoms with Gasteiger partial charge in [0.05, 0.1) is 7.11 Å². The van der Waals surface area contributed by atoms with Crippen molar-refractivity contribution in [1.29, 1.82) is 0 Å². The van der Waals surface area contributed by atoms with E-state index in [1.165, 1.54) is 0 Å². The summed E-state index contributed by atoms with van der Waals surface area (Å²) in [7, 11) is 1.61. The maximum Gasteiger partial charge on any atom is 0.251 e. The van der Waals surface area contributed by atoms with Crippen molar-refractivity contribution >= 4 is 28.4 Å². The van der Waals surface area contributed by atoms with Crippen LogP contribution in [-0.2, 0) is 6.42 Å². The van der Waals surface area contributed by atoms with Crippen LogP contribution < -0.4 is 14.8 Å². The molecule has 0 unspecified atom stereocenters. The van der Waals surface area contributed by atoms with Crippen molar-refractivity contribution in [3.8, 4) is 17.2 Å². The maximum atomic E-state index is 12.4. The van der Waals surface area contributed by atoms with Crippen LogP contribution in [0.4, 0.5) is 0 Å². The van der Waals surface area contributed by atoms with Crippen molar-refractivity contribution in [2.45, 2.75) is 6.42 Å². The molecule has 5 nitrogen and oxygen atoms in total. The fourth-order valence-electron chi connectivity index (χ4n) is 3.25. The molecule has 0 fully saturated rings. The first-order valence-electron chi connectivity index (χ1n) is 9.58. The van der Waals surface area contributed by atoms with Crippen LogP contribution in [-0.4, -0.2) is 24.5 Å². The molecular weight excluding hydrogens is 400 g/mol. The molecule has 0 bridgehead atoms. The zero-order chi connectivity index (χ0) is 20.9. The number of amides is 1. The van der Waals surface area contributed by atoms with Crippen molar-refractivity contribution in [3.63, 3.8) is 0 Å². The number of rotatable bonds is 7. The topological polar surface area (TPSA) is 63.4 Å². The number of aromatic amines is 1. The smallest absolute Gasteiger partial charge is 0.251 e. The summed E-state index contributed by atoms with van der Waals surface area (Å²) in [6.07, 6.45) is 2.67. The van der Waals surface area contributed by atoms with Crippen LogP contribution in [0.15, 0.2) is 72.9 Å². The molecule has 1 heterocycles. The Balaban J connectivity index is 1.33. The molecule has 152 valence electrons. The normalized spacial score (nSPS) is 10.7. The minimum absolute atomic E-state index is 0.124. The Morgan fingerprint density at radius 2 is 1.80 bits per heavy atom. The predicted molar refractivity (Wildman–Crippen MR) is 119 cm³/mol. The minimum Gasteiger partial charge on any atom is -0.497 e. The zero-order valence-corrected chi connectivity index (χ0v) is 17.2. The summed E-state index contributed by atoms with van der Waals surface area (Å²) in [5.74, 6) is 1.92. The van der Waals surface area contributed by atoms with Gasteiger partial charge in [-0.2, -0.15) is 0 Å². The lowest BCUT2D eigenvalue weighted by atomic mass is 10.1. The van der Waals surface area contributed by atoms with Gasteiger partial charge in [0.2, 0.25) is 0 Å². The van der Waals surface area contributed by atoms with Crippen LogP contribution in [0.25, 0.3) is 10.9 Å². The van der Waals surface area contributed by atoms with E-state index in [1.54, 1.807) is 37.4 Å². The van der Waals surface area contributed by atoms with E-state index >= 15 is 0 Å². The van der Waals surface area contributed by atoms with Gasteiger partial charge in [0.25, 0.3) is 5.91 Å². The third-order valence-electron chi connectivity index (χ3n) is 4.80. The lowest BCUT2D eigenvalue weighted by Crippen LogP contribution is -2.25. The van der Waals surface area contributed by atoms with Crippen LogP contribution in [0.2, 0.25) is 5.02 Å². The third kappa shape index (κ3) is 4.58. The molecule has 4 rings (SSSR count). The van der Waals surface area contributed by atoms with E-state index < -0.39 is 0 Å². The number of nitrogens with one attached hydrogen (secondary N) is 2. The molecule has 2 N–H and O–H groups in total. The Hall–Kier alpha value is -3.44. The first-order valence-corrected chi connectivity index (χ1v) is 9.96. The number of H-pyrrole nitrogens is 1. The van der Waals surface area contributed by atoms with Crippen LogP contribution in [0.1, 0.15) is 15.9 Å². The molecule has 1 aromatic heterocycles. The number of benzene rings is 3. The number of aromatic nitrogens is 1. The van der Waals surface area contributed by atoms with E-state index in [2.05, 4.69) is 10.3 Å². The van der Waals surface area contributed by atoms with Crippen LogP contribution in [0.3, 0.4) is 0 Å². The van der Waals surface area contributed by atoms with Crippen molar-refractivity contribution in [1.82, 2.24) is 10.3 Å². The monoisotopic (exact) mass is 420 g/mol. The molecule has 0 saturated heterocycles. The van der Waals surface area contributed by atoms with E-state index in [0.29, 0.717) is 35.1 Å². The van der Waals surface area contributed by atoms with Gasteiger partial charge in [0, 0.05) is 40.3 Å². The lowest BCUT2D eigenvalue weighted by molar-refractivity contribution is 0.0954. The number of carbonyl (C=O) groups is 1. The highest BCUT2D eigenvalue weighted by Gasteiger charge is 2.08. The Kier molecular flexibility index (Phi) is 5.91. The van der Waals surface area contributed by atoms with Crippen LogP contribution in [0, 0.1) is 0 Å². The summed E-state index contributed by atoms with van der Waals surface area (Å²) in [6.45, 7) is 0.528. The van der Waals surface area contributed by atoms with E-state index in [0.717, 1.165) is 22.2 Å². The highest BCUT2D eigenvalue weighted by molar-refractivity contribution is 6.31. The maximum absolute atomic E-state index is 12.4. The fraction of sp³-hybridized carbons (Fsp3) is 0.125. The van der Waals surface area contributed by atoms with Crippen molar-refractivity contribution < 1.29 is 14.3 Å². The number of halogens is 1. The molecule has 0 radical (unpaired) electrons. The van der Waals surface area contributed by atoms with Crippen LogP contribution >= 0.6 is 11.6 Å². The SMILES string of the molecule is COc1cccc(Oc2ccc(C(=O)NCCc3c[nH]c4ccc(Cl)cc34)cc2)c1. The Morgan fingerprint density at radius 1 is 1.00 bits per heavy atom. The Morgan fingerprint density at radius 3 is 2.60 bits per heavy atom. The molecule has 0 aliphatic carbocycles. The summed E-state index contributed by atoms with van der Waals surface area (Å²) in [6, 6.07) is 20.1. The molecule has 0 aliphatic rings. The van der Waals surface area contributed by atoms with Gasteiger partial charge in [-0.25, -0.2) is 0 Å². The summed E-state index contributed by atoms with van der Waals surface area (Å²) in [5, 5.41) is 4.73. The second kappa shape index (κ2) is 8.93. The lowest BCUT2D eigenvalue weighted by Gasteiger charge is -2.09. The first-order chi connectivity index (χ1) is 14.6. The summed E-state index contributed by atoms with van der Waals surface area (Å²) < 4.78 is 11.0. The van der Waals surface area contributed by atoms with Gasteiger partial charge in [-0.15, -0.1) is 0 Å². The largest absolute Gasteiger partial charge is 0.497 e. The van der Waals surface area contributed by atoms with Crippen molar-refractivity contribution in [2.75, 3.05) is 13.7 Å².